The second kappa shape index (κ2) is 7.85. The van der Waals surface area contributed by atoms with E-state index >= 15 is 0 Å². The summed E-state index contributed by atoms with van der Waals surface area (Å²) in [6, 6.07) is 13.8. The number of ether oxygens (including phenoxy) is 1. The number of aromatic nitrogens is 3. The van der Waals surface area contributed by atoms with Crippen LogP contribution >= 0.6 is 12.2 Å². The molecule has 2 aromatic carbocycles. The van der Waals surface area contributed by atoms with Gasteiger partial charge in [0.25, 0.3) is 0 Å². The summed E-state index contributed by atoms with van der Waals surface area (Å²) in [5.74, 6) is 1.26. The van der Waals surface area contributed by atoms with Crippen molar-refractivity contribution in [3.63, 3.8) is 0 Å². The summed E-state index contributed by atoms with van der Waals surface area (Å²) in [6.07, 6.45) is 2.45. The minimum absolute atomic E-state index is 0.253. The fourth-order valence-electron chi connectivity index (χ4n) is 2.19. The smallest absolute Gasteiger partial charge is 0.216 e. The zero-order chi connectivity index (χ0) is 17.6. The first-order chi connectivity index (χ1) is 12.2. The Kier molecular flexibility index (Phi) is 5.35. The van der Waals surface area contributed by atoms with Gasteiger partial charge in [-0.05, 0) is 59.7 Å². The van der Waals surface area contributed by atoms with Crippen molar-refractivity contribution in [3.05, 3.63) is 76.1 Å². The lowest BCUT2D eigenvalue weighted by atomic mass is 10.2. The second-order valence-electron chi connectivity index (χ2n) is 5.34. The third-order valence-corrected chi connectivity index (χ3v) is 3.82. The summed E-state index contributed by atoms with van der Waals surface area (Å²) < 4.78 is 20.6. The standard InChI is InChI=1S/C18H17FN4OS/c1-2-17-21-22-18(25)23(17)20-11-13-5-9-16(10-6-13)24-12-14-3-7-15(19)8-4-14/h3-11H,2,12H2,1H3,(H,22,25)/b20-11-. The Hall–Kier alpha value is -2.80. The molecular formula is C18H17FN4OS. The molecule has 1 heterocycles. The van der Waals surface area contributed by atoms with Gasteiger partial charge in [0.05, 0.1) is 6.21 Å². The average Bonchev–Trinajstić information content (AvgIpc) is 3.00. The molecule has 0 aliphatic carbocycles. The van der Waals surface area contributed by atoms with Crippen LogP contribution in [-0.4, -0.2) is 21.1 Å². The van der Waals surface area contributed by atoms with Crippen molar-refractivity contribution in [3.8, 4) is 5.75 Å². The van der Waals surface area contributed by atoms with Crippen molar-refractivity contribution in [2.75, 3.05) is 0 Å². The Morgan fingerprint density at radius 2 is 1.92 bits per heavy atom. The molecule has 0 aliphatic heterocycles. The lowest BCUT2D eigenvalue weighted by molar-refractivity contribution is 0.306. The van der Waals surface area contributed by atoms with Gasteiger partial charge in [-0.1, -0.05) is 19.1 Å². The minimum atomic E-state index is -0.253. The van der Waals surface area contributed by atoms with E-state index in [2.05, 4.69) is 15.3 Å². The van der Waals surface area contributed by atoms with E-state index in [4.69, 9.17) is 17.0 Å². The molecule has 0 saturated carbocycles. The quantitative estimate of drug-likeness (QED) is 0.534. The van der Waals surface area contributed by atoms with Crippen LogP contribution < -0.4 is 4.74 Å². The van der Waals surface area contributed by atoms with Crippen molar-refractivity contribution >= 4 is 18.4 Å². The summed E-state index contributed by atoms with van der Waals surface area (Å²) in [7, 11) is 0. The van der Waals surface area contributed by atoms with Gasteiger partial charge in [0.1, 0.15) is 18.2 Å². The number of nitrogens with one attached hydrogen (secondary N) is 1. The van der Waals surface area contributed by atoms with Crippen LogP contribution in [0.4, 0.5) is 4.39 Å². The van der Waals surface area contributed by atoms with Crippen LogP contribution in [0.2, 0.25) is 0 Å². The van der Waals surface area contributed by atoms with Gasteiger partial charge in [-0.3, -0.25) is 5.10 Å². The first-order valence-electron chi connectivity index (χ1n) is 7.83. The molecule has 0 amide bonds. The molecule has 0 saturated heterocycles. The van der Waals surface area contributed by atoms with Crippen molar-refractivity contribution < 1.29 is 9.13 Å². The Morgan fingerprint density at radius 1 is 1.20 bits per heavy atom. The minimum Gasteiger partial charge on any atom is -0.489 e. The number of aromatic amines is 1. The first kappa shape index (κ1) is 17.0. The van der Waals surface area contributed by atoms with Gasteiger partial charge in [0.2, 0.25) is 4.77 Å². The lowest BCUT2D eigenvalue weighted by Crippen LogP contribution is -1.98. The van der Waals surface area contributed by atoms with Gasteiger partial charge in [-0.15, -0.1) is 0 Å². The molecule has 1 N–H and O–H groups in total. The van der Waals surface area contributed by atoms with E-state index in [0.29, 0.717) is 11.4 Å². The monoisotopic (exact) mass is 356 g/mol. The molecule has 1 aromatic heterocycles. The van der Waals surface area contributed by atoms with Crippen molar-refractivity contribution in [2.45, 2.75) is 20.0 Å². The van der Waals surface area contributed by atoms with Crippen LogP contribution in [0.3, 0.4) is 0 Å². The number of hydrogen-bond donors (Lipinski definition) is 1. The highest BCUT2D eigenvalue weighted by atomic mass is 32.1. The molecule has 25 heavy (non-hydrogen) atoms. The number of benzene rings is 2. The van der Waals surface area contributed by atoms with Gasteiger partial charge in [-0.2, -0.15) is 14.9 Å². The van der Waals surface area contributed by atoms with Crippen LogP contribution in [0.25, 0.3) is 0 Å². The van der Waals surface area contributed by atoms with Gasteiger partial charge in [0, 0.05) is 6.42 Å². The summed E-state index contributed by atoms with van der Waals surface area (Å²) in [5.41, 5.74) is 1.83. The molecule has 3 aromatic rings. The molecule has 0 bridgehead atoms. The molecule has 128 valence electrons. The average molecular weight is 356 g/mol. The predicted octanol–water partition coefficient (Wildman–Crippen LogP) is 4.10. The normalized spacial score (nSPS) is 11.1. The van der Waals surface area contributed by atoms with E-state index in [0.717, 1.165) is 29.1 Å². The maximum Gasteiger partial charge on any atom is 0.216 e. The molecule has 5 nitrogen and oxygen atoms in total. The Labute approximate surface area is 149 Å². The highest BCUT2D eigenvalue weighted by molar-refractivity contribution is 7.71. The van der Waals surface area contributed by atoms with E-state index in [1.165, 1.54) is 12.1 Å². The molecule has 0 unspecified atom stereocenters. The lowest BCUT2D eigenvalue weighted by Gasteiger charge is -2.06. The molecule has 3 rings (SSSR count). The molecule has 0 aliphatic rings. The first-order valence-corrected chi connectivity index (χ1v) is 8.24. The van der Waals surface area contributed by atoms with Crippen LogP contribution in [-0.2, 0) is 13.0 Å². The molecule has 0 radical (unpaired) electrons. The molecule has 0 atom stereocenters. The molecule has 0 spiro atoms. The van der Waals surface area contributed by atoms with E-state index in [-0.39, 0.29) is 5.82 Å². The Morgan fingerprint density at radius 3 is 2.60 bits per heavy atom. The van der Waals surface area contributed by atoms with E-state index < -0.39 is 0 Å². The zero-order valence-electron chi connectivity index (χ0n) is 13.6. The highest BCUT2D eigenvalue weighted by Gasteiger charge is 2.01. The topological polar surface area (TPSA) is 55.2 Å². The Bertz CT molecular complexity index is 913. The van der Waals surface area contributed by atoms with Gasteiger partial charge < -0.3 is 4.74 Å². The van der Waals surface area contributed by atoms with E-state index in [1.807, 2.05) is 31.2 Å². The van der Waals surface area contributed by atoms with Gasteiger partial charge in [-0.25, -0.2) is 4.39 Å². The Balaban J connectivity index is 1.64. The third kappa shape index (κ3) is 4.39. The van der Waals surface area contributed by atoms with Gasteiger partial charge >= 0.3 is 0 Å². The zero-order valence-corrected chi connectivity index (χ0v) is 14.5. The van der Waals surface area contributed by atoms with E-state index in [1.54, 1.807) is 23.0 Å². The van der Waals surface area contributed by atoms with Crippen LogP contribution in [0, 0.1) is 10.6 Å². The summed E-state index contributed by atoms with van der Waals surface area (Å²) >= 11 is 5.15. The largest absolute Gasteiger partial charge is 0.489 e. The third-order valence-electron chi connectivity index (χ3n) is 3.55. The fourth-order valence-corrected chi connectivity index (χ4v) is 2.39. The molecule has 0 fully saturated rings. The fraction of sp³-hybridized carbons (Fsp3) is 0.167. The number of H-pyrrole nitrogens is 1. The van der Waals surface area contributed by atoms with E-state index in [9.17, 15) is 4.39 Å². The number of hydrogen-bond acceptors (Lipinski definition) is 4. The van der Waals surface area contributed by atoms with Crippen LogP contribution in [0.15, 0.2) is 53.6 Å². The van der Waals surface area contributed by atoms with Crippen molar-refractivity contribution in [1.82, 2.24) is 14.9 Å². The van der Waals surface area contributed by atoms with Crippen molar-refractivity contribution in [1.29, 1.82) is 0 Å². The highest BCUT2D eigenvalue weighted by Crippen LogP contribution is 2.14. The number of aryl methyl sites for hydroxylation is 1. The maximum atomic E-state index is 12.9. The summed E-state index contributed by atoms with van der Waals surface area (Å²) in [5, 5.41) is 11.2. The molecule has 7 heteroatoms. The van der Waals surface area contributed by atoms with Crippen LogP contribution in [0.1, 0.15) is 23.9 Å². The summed E-state index contributed by atoms with van der Waals surface area (Å²) in [4.78, 5) is 0. The SMILES string of the molecule is CCc1n[nH]c(=S)n1/N=C\c1ccc(OCc2ccc(F)cc2)cc1. The molecular weight excluding hydrogens is 339 g/mol. The van der Waals surface area contributed by atoms with Crippen molar-refractivity contribution in [2.24, 2.45) is 5.10 Å². The number of halogens is 1. The predicted molar refractivity (Wildman–Crippen MR) is 97.0 cm³/mol. The summed E-state index contributed by atoms with van der Waals surface area (Å²) in [6.45, 7) is 2.38. The second-order valence-corrected chi connectivity index (χ2v) is 5.73. The number of rotatable bonds is 6. The van der Waals surface area contributed by atoms with Crippen LogP contribution in [0.5, 0.6) is 5.75 Å². The maximum absolute atomic E-state index is 12.9. The number of nitrogens with zero attached hydrogens (tertiary/aromatic N) is 3. The van der Waals surface area contributed by atoms with Gasteiger partial charge in [0.15, 0.2) is 5.82 Å².